The van der Waals surface area contributed by atoms with Gasteiger partial charge in [-0.15, -0.1) is 0 Å². The van der Waals surface area contributed by atoms with E-state index in [4.69, 9.17) is 13.9 Å². The van der Waals surface area contributed by atoms with Gasteiger partial charge in [-0.2, -0.15) is 0 Å². The molecule has 0 saturated carbocycles. The molecular formula is C34H37NO5. The molecule has 208 valence electrons. The van der Waals surface area contributed by atoms with E-state index < -0.39 is 6.04 Å². The third-order valence-corrected chi connectivity index (χ3v) is 7.87. The SMILES string of the molecule is CCCCCCOc1ccc(C2c3c(oc4cc(C)c(C)cc4c3=O)C(=O)N2c2ccc(CC)cc2)cc1OC. The lowest BCUT2D eigenvalue weighted by atomic mass is 9.96. The molecule has 3 aromatic carbocycles. The Kier molecular flexibility index (Phi) is 7.97. The molecule has 6 nitrogen and oxygen atoms in total. The van der Waals surface area contributed by atoms with E-state index in [0.717, 1.165) is 41.5 Å². The van der Waals surface area contributed by atoms with Gasteiger partial charge in [-0.05, 0) is 85.3 Å². The molecular weight excluding hydrogens is 502 g/mol. The molecule has 5 rings (SSSR count). The van der Waals surface area contributed by atoms with Gasteiger partial charge in [-0.1, -0.05) is 51.3 Å². The summed E-state index contributed by atoms with van der Waals surface area (Å²) in [5, 5.41) is 0.474. The molecule has 6 heteroatoms. The fourth-order valence-electron chi connectivity index (χ4n) is 5.39. The van der Waals surface area contributed by atoms with Crippen LogP contribution in [0.3, 0.4) is 0 Å². The summed E-state index contributed by atoms with van der Waals surface area (Å²) in [6, 6.07) is 16.5. The van der Waals surface area contributed by atoms with E-state index in [1.165, 1.54) is 12.8 Å². The van der Waals surface area contributed by atoms with Crippen LogP contribution < -0.4 is 19.8 Å². The van der Waals surface area contributed by atoms with Gasteiger partial charge in [0.05, 0.1) is 30.7 Å². The molecule has 1 atom stereocenters. The van der Waals surface area contributed by atoms with Crippen LogP contribution in [0.1, 0.15) is 83.9 Å². The number of carbonyl (C=O) groups excluding carboxylic acids is 1. The van der Waals surface area contributed by atoms with Crippen molar-refractivity contribution in [1.82, 2.24) is 0 Å². The summed E-state index contributed by atoms with van der Waals surface area (Å²) < 4.78 is 17.9. The molecule has 0 radical (unpaired) electrons. The summed E-state index contributed by atoms with van der Waals surface area (Å²) in [5.41, 5.74) is 5.18. The Hall–Kier alpha value is -4.06. The Morgan fingerprint density at radius 3 is 2.33 bits per heavy atom. The standard InChI is InChI=1S/C34H37NO5/c1-6-8-9-10-17-39-27-16-13-24(20-29(27)38-5)31-30-32(36)26-18-21(3)22(4)19-28(26)40-33(30)34(37)35(31)25-14-11-23(7-2)12-15-25/h11-16,18-20,31H,6-10,17H2,1-5H3. The van der Waals surface area contributed by atoms with E-state index in [1.807, 2.05) is 68.4 Å². The van der Waals surface area contributed by atoms with Crippen molar-refractivity contribution in [2.75, 3.05) is 18.6 Å². The maximum absolute atomic E-state index is 14.0. The van der Waals surface area contributed by atoms with Gasteiger partial charge in [0.2, 0.25) is 5.76 Å². The predicted molar refractivity (Wildman–Crippen MR) is 159 cm³/mol. The van der Waals surface area contributed by atoms with Crippen LogP contribution >= 0.6 is 0 Å². The van der Waals surface area contributed by atoms with Crippen LogP contribution in [0.2, 0.25) is 0 Å². The molecule has 0 aliphatic carbocycles. The minimum absolute atomic E-state index is 0.0838. The number of anilines is 1. The Labute approximate surface area is 235 Å². The highest BCUT2D eigenvalue weighted by molar-refractivity contribution is 6.10. The fraction of sp³-hybridized carbons (Fsp3) is 0.353. The highest BCUT2D eigenvalue weighted by Crippen LogP contribution is 2.43. The van der Waals surface area contributed by atoms with E-state index >= 15 is 0 Å². The topological polar surface area (TPSA) is 69.0 Å². The smallest absolute Gasteiger partial charge is 0.295 e. The Bertz CT molecular complexity index is 1600. The first kappa shape index (κ1) is 27.5. The van der Waals surface area contributed by atoms with E-state index in [1.54, 1.807) is 12.0 Å². The lowest BCUT2D eigenvalue weighted by molar-refractivity contribution is 0.0971. The minimum Gasteiger partial charge on any atom is -0.493 e. The predicted octanol–water partition coefficient (Wildman–Crippen LogP) is 7.69. The van der Waals surface area contributed by atoms with Crippen molar-refractivity contribution in [2.24, 2.45) is 0 Å². The molecule has 2 heterocycles. The summed E-state index contributed by atoms with van der Waals surface area (Å²) >= 11 is 0. The van der Waals surface area contributed by atoms with Crippen molar-refractivity contribution in [3.63, 3.8) is 0 Å². The average molecular weight is 540 g/mol. The number of benzene rings is 3. The van der Waals surface area contributed by atoms with Crippen LogP contribution in [0.25, 0.3) is 11.0 Å². The second-order valence-corrected chi connectivity index (χ2v) is 10.5. The molecule has 0 bridgehead atoms. The molecule has 1 aromatic heterocycles. The van der Waals surface area contributed by atoms with Gasteiger partial charge in [-0.25, -0.2) is 0 Å². The number of fused-ring (bicyclic) bond motifs is 2. The Balaban J connectivity index is 1.64. The van der Waals surface area contributed by atoms with Crippen LogP contribution in [-0.4, -0.2) is 19.6 Å². The van der Waals surface area contributed by atoms with Gasteiger partial charge >= 0.3 is 0 Å². The largest absolute Gasteiger partial charge is 0.493 e. The molecule has 1 unspecified atom stereocenters. The molecule has 0 spiro atoms. The summed E-state index contributed by atoms with van der Waals surface area (Å²) in [5.74, 6) is 0.951. The van der Waals surface area contributed by atoms with Gasteiger partial charge in [0.15, 0.2) is 16.9 Å². The average Bonchev–Trinajstić information content (AvgIpc) is 3.26. The number of hydrogen-bond donors (Lipinski definition) is 0. The highest BCUT2D eigenvalue weighted by Gasteiger charge is 2.44. The van der Waals surface area contributed by atoms with Gasteiger partial charge in [0, 0.05) is 5.69 Å². The van der Waals surface area contributed by atoms with E-state index in [2.05, 4.69) is 13.8 Å². The lowest BCUT2D eigenvalue weighted by Crippen LogP contribution is -2.29. The number of nitrogens with zero attached hydrogens (tertiary/aromatic N) is 1. The van der Waals surface area contributed by atoms with Gasteiger partial charge < -0.3 is 13.9 Å². The number of amides is 1. The maximum Gasteiger partial charge on any atom is 0.295 e. The van der Waals surface area contributed by atoms with Crippen molar-refractivity contribution in [3.8, 4) is 11.5 Å². The molecule has 1 aliphatic rings. The third kappa shape index (κ3) is 4.99. The summed E-state index contributed by atoms with van der Waals surface area (Å²) in [6.07, 6.45) is 5.32. The van der Waals surface area contributed by atoms with Crippen LogP contribution in [0.15, 0.2) is 63.8 Å². The number of carbonyl (C=O) groups is 1. The number of ether oxygens (including phenoxy) is 2. The van der Waals surface area contributed by atoms with Gasteiger partial charge in [0.1, 0.15) is 5.58 Å². The molecule has 0 fully saturated rings. The third-order valence-electron chi connectivity index (χ3n) is 7.87. The van der Waals surface area contributed by atoms with Crippen molar-refractivity contribution in [3.05, 3.63) is 98.4 Å². The van der Waals surface area contributed by atoms with Crippen LogP contribution in [-0.2, 0) is 6.42 Å². The number of rotatable bonds is 10. The van der Waals surface area contributed by atoms with Gasteiger partial charge in [0.25, 0.3) is 5.91 Å². The second kappa shape index (κ2) is 11.6. The van der Waals surface area contributed by atoms with E-state index in [0.29, 0.717) is 40.3 Å². The van der Waals surface area contributed by atoms with Crippen LogP contribution in [0.5, 0.6) is 11.5 Å². The van der Waals surface area contributed by atoms with Gasteiger partial charge in [-0.3, -0.25) is 14.5 Å². The zero-order valence-electron chi connectivity index (χ0n) is 24.0. The number of unbranched alkanes of at least 4 members (excludes halogenated alkanes) is 3. The Morgan fingerprint density at radius 1 is 0.875 bits per heavy atom. The van der Waals surface area contributed by atoms with Crippen molar-refractivity contribution < 1.29 is 18.7 Å². The summed E-state index contributed by atoms with van der Waals surface area (Å²) in [7, 11) is 1.60. The quantitative estimate of drug-likeness (QED) is 0.193. The maximum atomic E-state index is 14.0. The number of hydrogen-bond acceptors (Lipinski definition) is 5. The first-order chi connectivity index (χ1) is 19.4. The summed E-state index contributed by atoms with van der Waals surface area (Å²) in [6.45, 7) is 8.81. The zero-order chi connectivity index (χ0) is 28.4. The zero-order valence-corrected chi connectivity index (χ0v) is 24.0. The first-order valence-electron chi connectivity index (χ1n) is 14.2. The minimum atomic E-state index is -0.676. The van der Waals surface area contributed by atoms with E-state index in [-0.39, 0.29) is 17.1 Å². The van der Waals surface area contributed by atoms with Crippen LogP contribution in [0, 0.1) is 13.8 Å². The molecule has 0 N–H and O–H groups in total. The van der Waals surface area contributed by atoms with E-state index in [9.17, 15) is 9.59 Å². The molecule has 0 saturated heterocycles. The highest BCUT2D eigenvalue weighted by atomic mass is 16.5. The van der Waals surface area contributed by atoms with Crippen LogP contribution in [0.4, 0.5) is 5.69 Å². The second-order valence-electron chi connectivity index (χ2n) is 10.5. The molecule has 4 aromatic rings. The normalized spacial score (nSPS) is 14.6. The number of methoxy groups -OCH3 is 1. The van der Waals surface area contributed by atoms with Crippen molar-refractivity contribution >= 4 is 22.6 Å². The lowest BCUT2D eigenvalue weighted by Gasteiger charge is -2.26. The molecule has 1 amide bonds. The molecule has 40 heavy (non-hydrogen) atoms. The monoisotopic (exact) mass is 539 g/mol. The Morgan fingerprint density at radius 2 is 1.62 bits per heavy atom. The van der Waals surface area contributed by atoms with Crippen molar-refractivity contribution in [1.29, 1.82) is 0 Å². The summed E-state index contributed by atoms with van der Waals surface area (Å²) in [4.78, 5) is 29.7. The first-order valence-corrected chi connectivity index (χ1v) is 14.2. The fourth-order valence-corrected chi connectivity index (χ4v) is 5.39. The number of aryl methyl sites for hydroxylation is 3. The van der Waals surface area contributed by atoms with Crippen molar-refractivity contribution in [2.45, 2.75) is 65.8 Å². The molecule has 1 aliphatic heterocycles.